The maximum atomic E-state index is 13.0. The summed E-state index contributed by atoms with van der Waals surface area (Å²) < 4.78 is 5.33. The molecule has 5 nitrogen and oxygen atoms in total. The first-order valence-electron chi connectivity index (χ1n) is 9.59. The zero-order valence-electron chi connectivity index (χ0n) is 16.4. The van der Waals surface area contributed by atoms with E-state index in [1.807, 2.05) is 30.3 Å². The van der Waals surface area contributed by atoms with E-state index >= 15 is 0 Å². The maximum Gasteiger partial charge on any atom is 0.270 e. The summed E-state index contributed by atoms with van der Waals surface area (Å²) in [5, 5.41) is 2.81. The fraction of sp³-hybridized carbons (Fsp3) is 0.304. The van der Waals surface area contributed by atoms with Crippen LogP contribution in [0, 0.1) is 0 Å². The van der Waals surface area contributed by atoms with Crippen LogP contribution in [0.5, 0.6) is 0 Å². The fourth-order valence-corrected chi connectivity index (χ4v) is 3.02. The van der Waals surface area contributed by atoms with Crippen LogP contribution < -0.4 is 5.32 Å². The van der Waals surface area contributed by atoms with Gasteiger partial charge in [0, 0.05) is 18.7 Å². The summed E-state index contributed by atoms with van der Waals surface area (Å²) >= 11 is 0. The van der Waals surface area contributed by atoms with Crippen LogP contribution in [0.2, 0.25) is 0 Å². The molecule has 1 saturated heterocycles. The molecular weight excluding hydrogens is 352 g/mol. The van der Waals surface area contributed by atoms with Crippen LogP contribution in [0.1, 0.15) is 41.3 Å². The van der Waals surface area contributed by atoms with Crippen molar-refractivity contribution in [3.8, 4) is 0 Å². The van der Waals surface area contributed by atoms with E-state index in [9.17, 15) is 9.59 Å². The van der Waals surface area contributed by atoms with Gasteiger partial charge in [0.2, 0.25) is 0 Å². The van der Waals surface area contributed by atoms with Gasteiger partial charge in [0.1, 0.15) is 5.70 Å². The van der Waals surface area contributed by atoms with Crippen molar-refractivity contribution in [2.45, 2.75) is 19.8 Å². The number of carbonyl (C=O) groups excluding carboxylic acids is 2. The zero-order chi connectivity index (χ0) is 19.9. The average Bonchev–Trinajstić information content (AvgIpc) is 2.74. The molecule has 28 heavy (non-hydrogen) atoms. The first-order valence-corrected chi connectivity index (χ1v) is 9.59. The van der Waals surface area contributed by atoms with Crippen LogP contribution in [0.3, 0.4) is 0 Å². The van der Waals surface area contributed by atoms with E-state index in [1.165, 1.54) is 5.56 Å². The summed E-state index contributed by atoms with van der Waals surface area (Å²) in [5.74, 6) is -0.0574. The van der Waals surface area contributed by atoms with Crippen molar-refractivity contribution in [3.05, 3.63) is 77.0 Å². The molecule has 1 aliphatic rings. The number of amides is 2. The fourth-order valence-electron chi connectivity index (χ4n) is 3.02. The molecule has 0 aromatic heterocycles. The van der Waals surface area contributed by atoms with Gasteiger partial charge >= 0.3 is 0 Å². The predicted molar refractivity (Wildman–Crippen MR) is 110 cm³/mol. The normalized spacial score (nSPS) is 14.8. The highest BCUT2D eigenvalue weighted by Gasteiger charge is 2.22. The molecule has 0 atom stereocenters. The Morgan fingerprint density at radius 1 is 1.00 bits per heavy atom. The third-order valence-corrected chi connectivity index (χ3v) is 4.73. The van der Waals surface area contributed by atoms with Crippen LogP contribution in [-0.4, -0.2) is 43.0 Å². The van der Waals surface area contributed by atoms with E-state index < -0.39 is 0 Å². The number of nitrogens with zero attached hydrogens (tertiary/aromatic N) is 1. The zero-order valence-corrected chi connectivity index (χ0v) is 16.4. The molecule has 2 amide bonds. The van der Waals surface area contributed by atoms with E-state index in [1.54, 1.807) is 35.2 Å². The molecule has 0 radical (unpaired) electrons. The lowest BCUT2D eigenvalue weighted by Gasteiger charge is -2.27. The van der Waals surface area contributed by atoms with Crippen molar-refractivity contribution in [2.75, 3.05) is 26.3 Å². The molecule has 3 rings (SSSR count). The molecule has 5 heteroatoms. The minimum absolute atomic E-state index is 0.194. The second-order valence-corrected chi connectivity index (χ2v) is 7.10. The number of morpholine rings is 1. The smallest absolute Gasteiger partial charge is 0.270 e. The molecule has 2 aromatic rings. The number of rotatable bonds is 5. The Bertz CT molecular complexity index is 836. The van der Waals surface area contributed by atoms with Crippen molar-refractivity contribution in [1.29, 1.82) is 0 Å². The molecule has 1 heterocycles. The Kier molecular flexibility index (Phi) is 6.61. The van der Waals surface area contributed by atoms with E-state index in [0.717, 1.165) is 5.56 Å². The number of ether oxygens (including phenoxy) is 1. The average molecular weight is 378 g/mol. The minimum atomic E-state index is -0.299. The van der Waals surface area contributed by atoms with Gasteiger partial charge in [-0.3, -0.25) is 9.59 Å². The van der Waals surface area contributed by atoms with E-state index in [-0.39, 0.29) is 17.5 Å². The van der Waals surface area contributed by atoms with E-state index in [4.69, 9.17) is 4.74 Å². The van der Waals surface area contributed by atoms with Gasteiger partial charge in [-0.15, -0.1) is 0 Å². The van der Waals surface area contributed by atoms with Crippen LogP contribution in [-0.2, 0) is 9.53 Å². The van der Waals surface area contributed by atoms with Crippen molar-refractivity contribution in [2.24, 2.45) is 0 Å². The summed E-state index contributed by atoms with van der Waals surface area (Å²) in [5.41, 5.74) is 2.88. The quantitative estimate of drug-likeness (QED) is 0.811. The molecule has 1 aliphatic heterocycles. The maximum absolute atomic E-state index is 13.0. The Hall–Kier alpha value is -2.92. The van der Waals surface area contributed by atoms with Gasteiger partial charge in [0.25, 0.3) is 11.8 Å². The molecule has 0 spiro atoms. The Balaban J connectivity index is 1.86. The van der Waals surface area contributed by atoms with Gasteiger partial charge in [-0.1, -0.05) is 56.3 Å². The largest absolute Gasteiger partial charge is 0.378 e. The van der Waals surface area contributed by atoms with Crippen molar-refractivity contribution >= 4 is 17.9 Å². The summed E-state index contributed by atoms with van der Waals surface area (Å²) in [4.78, 5) is 27.4. The Morgan fingerprint density at radius 2 is 1.64 bits per heavy atom. The summed E-state index contributed by atoms with van der Waals surface area (Å²) in [6, 6.07) is 16.9. The molecule has 0 bridgehead atoms. The molecule has 0 aliphatic carbocycles. The number of hydrogen-bond donors (Lipinski definition) is 1. The van der Waals surface area contributed by atoms with Gasteiger partial charge in [-0.25, -0.2) is 0 Å². The first-order chi connectivity index (χ1) is 13.5. The lowest BCUT2D eigenvalue weighted by atomic mass is 10.0. The van der Waals surface area contributed by atoms with E-state index in [0.29, 0.717) is 37.8 Å². The molecule has 0 saturated carbocycles. The van der Waals surface area contributed by atoms with E-state index in [2.05, 4.69) is 19.2 Å². The predicted octanol–water partition coefficient (Wildman–Crippen LogP) is 3.44. The van der Waals surface area contributed by atoms with Gasteiger partial charge in [0.15, 0.2) is 0 Å². The Labute approximate surface area is 166 Å². The SMILES string of the molecule is CC(C)c1ccc(C=C(NC(=O)c2ccccc2)C(=O)N2CCOCC2)cc1. The molecular formula is C23H26N2O3. The highest BCUT2D eigenvalue weighted by atomic mass is 16.5. The molecule has 1 N–H and O–H groups in total. The molecule has 2 aromatic carbocycles. The summed E-state index contributed by atoms with van der Waals surface area (Å²) in [6.45, 7) is 6.33. The van der Waals surface area contributed by atoms with Crippen LogP contribution in [0.15, 0.2) is 60.3 Å². The van der Waals surface area contributed by atoms with Crippen LogP contribution in [0.25, 0.3) is 6.08 Å². The highest BCUT2D eigenvalue weighted by Crippen LogP contribution is 2.17. The lowest BCUT2D eigenvalue weighted by Crippen LogP contribution is -2.44. The van der Waals surface area contributed by atoms with Gasteiger partial charge in [-0.05, 0) is 35.3 Å². The van der Waals surface area contributed by atoms with Crippen LogP contribution >= 0.6 is 0 Å². The minimum Gasteiger partial charge on any atom is -0.378 e. The Morgan fingerprint density at radius 3 is 2.25 bits per heavy atom. The molecule has 146 valence electrons. The third-order valence-electron chi connectivity index (χ3n) is 4.73. The van der Waals surface area contributed by atoms with Crippen LogP contribution in [0.4, 0.5) is 0 Å². The summed E-state index contributed by atoms with van der Waals surface area (Å²) in [6.07, 6.45) is 1.74. The number of hydrogen-bond acceptors (Lipinski definition) is 3. The standard InChI is InChI=1S/C23H26N2O3/c1-17(2)19-10-8-18(9-11-19)16-21(23(27)25-12-14-28-15-13-25)24-22(26)20-6-4-3-5-7-20/h3-11,16-17H,12-15H2,1-2H3,(H,24,26). The number of carbonyl (C=O) groups is 2. The second-order valence-electron chi connectivity index (χ2n) is 7.10. The number of benzene rings is 2. The van der Waals surface area contributed by atoms with Gasteiger partial charge in [0.05, 0.1) is 13.2 Å². The highest BCUT2D eigenvalue weighted by molar-refractivity contribution is 6.05. The van der Waals surface area contributed by atoms with Gasteiger partial charge in [-0.2, -0.15) is 0 Å². The third kappa shape index (κ3) is 5.08. The van der Waals surface area contributed by atoms with Crippen molar-refractivity contribution in [3.63, 3.8) is 0 Å². The van der Waals surface area contributed by atoms with Crippen molar-refractivity contribution < 1.29 is 14.3 Å². The number of nitrogens with one attached hydrogen (secondary N) is 1. The molecule has 0 unspecified atom stereocenters. The second kappa shape index (κ2) is 9.33. The topological polar surface area (TPSA) is 58.6 Å². The monoisotopic (exact) mass is 378 g/mol. The molecule has 1 fully saturated rings. The van der Waals surface area contributed by atoms with Crippen molar-refractivity contribution in [1.82, 2.24) is 10.2 Å². The first kappa shape index (κ1) is 19.8. The summed E-state index contributed by atoms with van der Waals surface area (Å²) in [7, 11) is 0. The lowest BCUT2D eigenvalue weighted by molar-refractivity contribution is -0.131. The van der Waals surface area contributed by atoms with Gasteiger partial charge < -0.3 is 15.0 Å².